The van der Waals surface area contributed by atoms with Gasteiger partial charge in [-0.1, -0.05) is 25.5 Å². The maximum absolute atomic E-state index is 10.9. The minimum absolute atomic E-state index is 0.0558. The summed E-state index contributed by atoms with van der Waals surface area (Å²) < 4.78 is 0.824. The Balaban J connectivity index is 4.92. The highest BCUT2D eigenvalue weighted by Gasteiger charge is 2.26. The lowest BCUT2D eigenvalue weighted by Gasteiger charge is -2.39. The topological polar surface area (TPSA) is 115 Å². The van der Waals surface area contributed by atoms with Gasteiger partial charge < -0.3 is 24.6 Å². The fraction of sp³-hybridized carbons (Fsp3) is 0.792. The summed E-state index contributed by atoms with van der Waals surface area (Å²) in [7, 11) is 0. The third-order valence-corrected chi connectivity index (χ3v) is 5.68. The van der Waals surface area contributed by atoms with Crippen LogP contribution in [0, 0.1) is 0 Å². The first-order valence-corrected chi connectivity index (χ1v) is 11.9. The van der Waals surface area contributed by atoms with Gasteiger partial charge in [-0.05, 0) is 70.6 Å². The molecule has 0 rings (SSSR count). The van der Waals surface area contributed by atoms with Crippen molar-refractivity contribution < 1.29 is 34.2 Å². The number of unbranched alkanes of at least 4 members (excludes halogenated alkanes) is 6. The number of nitrogens with zero attached hydrogens (tertiary/aromatic N) is 1. The van der Waals surface area contributed by atoms with Crippen LogP contribution in [0.4, 0.5) is 0 Å². The Morgan fingerprint density at radius 2 is 1.10 bits per heavy atom. The Labute approximate surface area is 187 Å². The second kappa shape index (κ2) is 18.8. The summed E-state index contributed by atoms with van der Waals surface area (Å²) in [6.07, 6.45) is 14.5. The molecular weight excluding hydrogens is 398 g/mol. The summed E-state index contributed by atoms with van der Waals surface area (Å²) in [5.74, 6) is -2.60. The van der Waals surface area contributed by atoms with Crippen LogP contribution in [-0.4, -0.2) is 58.8 Å². The highest BCUT2D eigenvalue weighted by atomic mass is 16.4. The van der Waals surface area contributed by atoms with Crippen LogP contribution in [0.2, 0.25) is 0 Å². The maximum Gasteiger partial charge on any atom is 0.303 e. The number of allylic oxidation sites excluding steroid dienone is 2. The number of quaternary nitrogens is 1. The van der Waals surface area contributed by atoms with E-state index in [1.54, 1.807) is 0 Å². The summed E-state index contributed by atoms with van der Waals surface area (Å²) in [5, 5.41) is 28.6. The molecule has 180 valence electrons. The van der Waals surface area contributed by atoms with Crippen LogP contribution in [0.3, 0.4) is 0 Å². The Morgan fingerprint density at radius 3 is 1.52 bits per heavy atom. The molecule has 0 aromatic rings. The molecule has 0 heterocycles. The van der Waals surface area contributed by atoms with E-state index in [0.717, 1.165) is 82.0 Å². The lowest BCUT2D eigenvalue weighted by molar-refractivity contribution is -0.929. The fourth-order valence-electron chi connectivity index (χ4n) is 3.95. The SMILES string of the molecule is CCC/C=C/CCCC[N+](CCCCC(=O)[O-])(CCCCC(=O)O)CCCCC(=O)O. The van der Waals surface area contributed by atoms with Gasteiger partial charge >= 0.3 is 11.9 Å². The van der Waals surface area contributed by atoms with Crippen molar-refractivity contribution in [1.82, 2.24) is 0 Å². The molecular formula is C24H43NO6. The third kappa shape index (κ3) is 18.6. The highest BCUT2D eigenvalue weighted by Crippen LogP contribution is 2.19. The zero-order valence-corrected chi connectivity index (χ0v) is 19.4. The van der Waals surface area contributed by atoms with Gasteiger partial charge in [0.2, 0.25) is 0 Å². The zero-order chi connectivity index (χ0) is 23.4. The maximum atomic E-state index is 10.9. The van der Waals surface area contributed by atoms with Gasteiger partial charge in [0.1, 0.15) is 0 Å². The molecule has 0 unspecified atom stereocenters. The van der Waals surface area contributed by atoms with Gasteiger partial charge in [-0.3, -0.25) is 9.59 Å². The van der Waals surface area contributed by atoms with Crippen molar-refractivity contribution >= 4 is 17.9 Å². The Kier molecular flexibility index (Phi) is 17.7. The van der Waals surface area contributed by atoms with Crippen LogP contribution in [0.5, 0.6) is 0 Å². The van der Waals surface area contributed by atoms with Gasteiger partial charge in [0.15, 0.2) is 0 Å². The number of aliphatic carboxylic acids is 3. The summed E-state index contributed by atoms with van der Waals surface area (Å²) in [5.41, 5.74) is 0. The van der Waals surface area contributed by atoms with Crippen LogP contribution >= 0.6 is 0 Å². The molecule has 0 saturated heterocycles. The van der Waals surface area contributed by atoms with Gasteiger partial charge in [0.05, 0.1) is 26.2 Å². The normalized spacial score (nSPS) is 11.8. The summed E-state index contributed by atoms with van der Waals surface area (Å²) in [4.78, 5) is 32.5. The van der Waals surface area contributed by atoms with E-state index in [1.165, 1.54) is 0 Å². The smallest absolute Gasteiger partial charge is 0.303 e. The molecule has 0 saturated carbocycles. The van der Waals surface area contributed by atoms with Crippen molar-refractivity contribution in [2.75, 3.05) is 26.2 Å². The third-order valence-electron chi connectivity index (χ3n) is 5.68. The van der Waals surface area contributed by atoms with Gasteiger partial charge in [0.25, 0.3) is 0 Å². The monoisotopic (exact) mass is 441 g/mol. The summed E-state index contributed by atoms with van der Waals surface area (Å²) >= 11 is 0. The number of carboxylic acids is 3. The molecule has 31 heavy (non-hydrogen) atoms. The summed E-state index contributed by atoms with van der Waals surface area (Å²) in [6.45, 7) is 5.69. The molecule has 0 aliphatic carbocycles. The highest BCUT2D eigenvalue weighted by molar-refractivity contribution is 5.66. The number of rotatable bonds is 22. The Bertz CT molecular complexity index is 477. The van der Waals surface area contributed by atoms with E-state index >= 15 is 0 Å². The van der Waals surface area contributed by atoms with Crippen molar-refractivity contribution in [3.8, 4) is 0 Å². The van der Waals surface area contributed by atoms with E-state index in [-0.39, 0.29) is 19.3 Å². The molecule has 7 heteroatoms. The van der Waals surface area contributed by atoms with Crippen LogP contribution in [0.1, 0.15) is 96.8 Å². The van der Waals surface area contributed by atoms with Gasteiger partial charge in [-0.2, -0.15) is 0 Å². The van der Waals surface area contributed by atoms with E-state index in [4.69, 9.17) is 10.2 Å². The quantitative estimate of drug-likeness (QED) is 0.150. The van der Waals surface area contributed by atoms with Crippen LogP contribution in [0.15, 0.2) is 12.2 Å². The molecule has 0 spiro atoms. The molecule has 7 nitrogen and oxygen atoms in total. The molecule has 0 radical (unpaired) electrons. The van der Waals surface area contributed by atoms with Gasteiger partial charge in [-0.25, -0.2) is 0 Å². The predicted molar refractivity (Wildman–Crippen MR) is 119 cm³/mol. The molecule has 0 atom stereocenters. The Morgan fingerprint density at radius 1 is 0.677 bits per heavy atom. The first kappa shape index (κ1) is 29.1. The second-order valence-corrected chi connectivity index (χ2v) is 8.52. The number of hydrogen-bond acceptors (Lipinski definition) is 4. The van der Waals surface area contributed by atoms with Crippen molar-refractivity contribution in [2.45, 2.75) is 96.8 Å². The van der Waals surface area contributed by atoms with Crippen molar-refractivity contribution in [3.05, 3.63) is 12.2 Å². The predicted octanol–water partition coefficient (Wildman–Crippen LogP) is 3.76. The van der Waals surface area contributed by atoms with Crippen LogP contribution in [-0.2, 0) is 14.4 Å². The molecule has 0 amide bonds. The molecule has 0 aromatic carbocycles. The minimum Gasteiger partial charge on any atom is -0.550 e. The van der Waals surface area contributed by atoms with Crippen LogP contribution < -0.4 is 5.11 Å². The average molecular weight is 442 g/mol. The van der Waals surface area contributed by atoms with E-state index < -0.39 is 17.9 Å². The molecule has 0 fully saturated rings. The van der Waals surface area contributed by atoms with E-state index in [9.17, 15) is 19.5 Å². The first-order valence-electron chi connectivity index (χ1n) is 11.9. The molecule has 0 aliphatic rings. The average Bonchev–Trinajstić information content (AvgIpc) is 2.70. The molecule has 0 bridgehead atoms. The van der Waals surface area contributed by atoms with Crippen LogP contribution in [0.25, 0.3) is 0 Å². The molecule has 0 aromatic heterocycles. The van der Waals surface area contributed by atoms with Crippen molar-refractivity contribution in [3.63, 3.8) is 0 Å². The minimum atomic E-state index is -1.03. The van der Waals surface area contributed by atoms with E-state index in [2.05, 4.69) is 19.1 Å². The number of hydrogen-bond donors (Lipinski definition) is 2. The first-order chi connectivity index (χ1) is 14.8. The van der Waals surface area contributed by atoms with Crippen molar-refractivity contribution in [2.24, 2.45) is 0 Å². The lowest BCUT2D eigenvalue weighted by Crippen LogP contribution is -2.51. The van der Waals surface area contributed by atoms with E-state index in [1.807, 2.05) is 0 Å². The fourth-order valence-corrected chi connectivity index (χ4v) is 3.95. The number of carbonyl (C=O) groups is 3. The lowest BCUT2D eigenvalue weighted by atomic mass is 10.1. The molecule has 0 aliphatic heterocycles. The van der Waals surface area contributed by atoms with Gasteiger partial charge in [0, 0.05) is 18.8 Å². The second-order valence-electron chi connectivity index (χ2n) is 8.52. The molecule has 2 N–H and O–H groups in total. The zero-order valence-electron chi connectivity index (χ0n) is 19.4. The number of carboxylic acid groups (broad SMARTS) is 3. The standard InChI is InChI=1S/C24H43NO6/c1-2-3-4-5-6-7-11-18-25(19-12-8-15-22(26)27,20-13-9-16-23(28)29)21-14-10-17-24(30)31/h4-5H,2-3,6-21H2,1H3,(H2-,26,27,28,29,30,31)/b5-4+. The van der Waals surface area contributed by atoms with E-state index in [0.29, 0.717) is 19.3 Å². The largest absolute Gasteiger partial charge is 0.550 e. The Hall–Kier alpha value is -1.89. The number of carbonyl (C=O) groups excluding carboxylic acids is 1. The summed E-state index contributed by atoms with van der Waals surface area (Å²) in [6, 6.07) is 0. The van der Waals surface area contributed by atoms with Crippen molar-refractivity contribution in [1.29, 1.82) is 0 Å². The van der Waals surface area contributed by atoms with Gasteiger partial charge in [-0.15, -0.1) is 0 Å².